The molecule has 0 aliphatic rings. The largest absolute Gasteiger partial charge is 0.198 e. The average Bonchev–Trinajstić information content (AvgIpc) is 2.25. The van der Waals surface area contributed by atoms with Gasteiger partial charge in [-0.1, -0.05) is 30.8 Å². The van der Waals surface area contributed by atoms with Crippen LogP contribution in [0, 0.1) is 18.3 Å². The van der Waals surface area contributed by atoms with Gasteiger partial charge in [-0.15, -0.1) is 0 Å². The topological polar surface area (TPSA) is 23.8 Å². The molecule has 0 amide bonds. The van der Waals surface area contributed by atoms with Crippen molar-refractivity contribution in [3.8, 4) is 6.07 Å². The van der Waals surface area contributed by atoms with E-state index in [0.717, 1.165) is 19.3 Å². The molecule has 0 radical (unpaired) electrons. The van der Waals surface area contributed by atoms with Crippen molar-refractivity contribution in [3.05, 3.63) is 42.0 Å². The van der Waals surface area contributed by atoms with Gasteiger partial charge in [-0.3, -0.25) is 0 Å². The number of hydrogen-bond donors (Lipinski definition) is 0. The Kier molecular flexibility index (Phi) is 4.63. The molecule has 78 valence electrons. The van der Waals surface area contributed by atoms with Crippen molar-refractivity contribution in [1.82, 2.24) is 0 Å². The van der Waals surface area contributed by atoms with Crippen molar-refractivity contribution in [2.75, 3.05) is 0 Å². The first-order valence-corrected chi connectivity index (χ1v) is 5.36. The van der Waals surface area contributed by atoms with Gasteiger partial charge >= 0.3 is 0 Å². The Labute approximate surface area is 92.1 Å². The molecule has 1 nitrogen and oxygen atoms in total. The highest BCUT2D eigenvalue weighted by Gasteiger charge is 2.01. The molecular weight excluding hydrogens is 182 g/mol. The maximum absolute atomic E-state index is 8.42. The van der Waals surface area contributed by atoms with Crippen LogP contribution in [0.4, 0.5) is 0 Å². The summed E-state index contributed by atoms with van der Waals surface area (Å²) in [5.41, 5.74) is 3.73. The molecule has 1 rings (SSSR count). The highest BCUT2D eigenvalue weighted by Crippen LogP contribution is 2.21. The molecule has 0 aliphatic heterocycles. The van der Waals surface area contributed by atoms with E-state index >= 15 is 0 Å². The summed E-state index contributed by atoms with van der Waals surface area (Å²) in [4.78, 5) is 0. The first-order chi connectivity index (χ1) is 7.25. The van der Waals surface area contributed by atoms with E-state index in [1.165, 1.54) is 16.7 Å². The van der Waals surface area contributed by atoms with E-state index in [2.05, 4.69) is 31.7 Å². The van der Waals surface area contributed by atoms with Crippen LogP contribution < -0.4 is 0 Å². The Balaban J connectivity index is 2.48. The van der Waals surface area contributed by atoms with E-state index in [9.17, 15) is 0 Å². The van der Waals surface area contributed by atoms with Gasteiger partial charge in [0, 0.05) is 6.42 Å². The second kappa shape index (κ2) is 6.03. The van der Waals surface area contributed by atoms with Gasteiger partial charge in [-0.25, -0.2) is 0 Å². The summed E-state index contributed by atoms with van der Waals surface area (Å²) in [6, 6.07) is 10.5. The van der Waals surface area contributed by atoms with Gasteiger partial charge in [0.2, 0.25) is 0 Å². The van der Waals surface area contributed by atoms with E-state index in [1.807, 2.05) is 12.1 Å². The van der Waals surface area contributed by atoms with Crippen LogP contribution in [0.5, 0.6) is 0 Å². The van der Waals surface area contributed by atoms with Crippen LogP contribution in [0.2, 0.25) is 0 Å². The molecule has 1 aromatic carbocycles. The fourth-order valence-electron chi connectivity index (χ4n) is 1.65. The number of hydrogen-bond acceptors (Lipinski definition) is 1. The fourth-order valence-corrected chi connectivity index (χ4v) is 1.65. The van der Waals surface area contributed by atoms with Gasteiger partial charge in [-0.05, 0) is 42.9 Å². The number of aryl methyl sites for hydroxylation is 1. The Hall–Kier alpha value is -1.55. The van der Waals surface area contributed by atoms with Crippen LogP contribution in [0.25, 0.3) is 5.57 Å². The second-order valence-electron chi connectivity index (χ2n) is 3.78. The lowest BCUT2D eigenvalue weighted by Crippen LogP contribution is -1.87. The van der Waals surface area contributed by atoms with Gasteiger partial charge in [-0.2, -0.15) is 5.26 Å². The van der Waals surface area contributed by atoms with Crippen molar-refractivity contribution in [2.45, 2.75) is 32.6 Å². The zero-order valence-electron chi connectivity index (χ0n) is 9.29. The molecule has 0 bridgehead atoms. The SMILES string of the molecule is C=C(CCCCC#N)c1ccccc1C. The molecule has 0 atom stereocenters. The van der Waals surface area contributed by atoms with E-state index in [0.29, 0.717) is 6.42 Å². The van der Waals surface area contributed by atoms with Crippen LogP contribution in [0.1, 0.15) is 36.8 Å². The number of unbranched alkanes of at least 4 members (excludes halogenated alkanes) is 2. The molecule has 0 saturated heterocycles. The number of nitriles is 1. The van der Waals surface area contributed by atoms with Crippen molar-refractivity contribution >= 4 is 5.57 Å². The van der Waals surface area contributed by atoms with Gasteiger partial charge in [0.15, 0.2) is 0 Å². The zero-order valence-corrected chi connectivity index (χ0v) is 9.29. The molecule has 0 heterocycles. The van der Waals surface area contributed by atoms with Gasteiger partial charge in [0.05, 0.1) is 6.07 Å². The molecular formula is C14H17N. The molecule has 0 aliphatic carbocycles. The average molecular weight is 199 g/mol. The summed E-state index contributed by atoms with van der Waals surface area (Å²) in [6.45, 7) is 6.21. The minimum atomic E-state index is 0.654. The molecule has 15 heavy (non-hydrogen) atoms. The normalized spacial score (nSPS) is 9.60. The molecule has 1 heteroatoms. The van der Waals surface area contributed by atoms with Crippen LogP contribution >= 0.6 is 0 Å². The minimum Gasteiger partial charge on any atom is -0.198 e. The predicted molar refractivity (Wildman–Crippen MR) is 64.3 cm³/mol. The van der Waals surface area contributed by atoms with Crippen LogP contribution in [0.15, 0.2) is 30.8 Å². The fraction of sp³-hybridized carbons (Fsp3) is 0.357. The first-order valence-electron chi connectivity index (χ1n) is 5.36. The molecule has 0 unspecified atom stereocenters. The lowest BCUT2D eigenvalue weighted by Gasteiger charge is -2.08. The standard InChI is InChI=1S/C14H17N/c1-12(8-4-3-7-11-15)14-10-6-5-9-13(14)2/h5-6,9-10H,1,3-4,7-8H2,2H3. The quantitative estimate of drug-likeness (QED) is 0.655. The Morgan fingerprint density at radius 2 is 2.07 bits per heavy atom. The number of allylic oxidation sites excluding steroid dienone is 1. The van der Waals surface area contributed by atoms with Gasteiger partial charge < -0.3 is 0 Å². The molecule has 0 spiro atoms. The summed E-state index contributed by atoms with van der Waals surface area (Å²) >= 11 is 0. The lowest BCUT2D eigenvalue weighted by atomic mass is 9.97. The van der Waals surface area contributed by atoms with E-state index in [4.69, 9.17) is 5.26 Å². The minimum absolute atomic E-state index is 0.654. The van der Waals surface area contributed by atoms with Crippen molar-refractivity contribution in [1.29, 1.82) is 5.26 Å². The Morgan fingerprint density at radius 3 is 2.73 bits per heavy atom. The molecule has 0 saturated carbocycles. The molecule has 0 fully saturated rings. The Morgan fingerprint density at radius 1 is 1.33 bits per heavy atom. The molecule has 1 aromatic rings. The summed E-state index contributed by atoms with van der Waals surface area (Å²) in [5.74, 6) is 0. The molecule has 0 aromatic heterocycles. The van der Waals surface area contributed by atoms with E-state index in [-0.39, 0.29) is 0 Å². The van der Waals surface area contributed by atoms with Crippen LogP contribution in [0.3, 0.4) is 0 Å². The highest BCUT2D eigenvalue weighted by molar-refractivity contribution is 5.65. The summed E-state index contributed by atoms with van der Waals surface area (Å²) in [5, 5.41) is 8.42. The van der Waals surface area contributed by atoms with Gasteiger partial charge in [0.25, 0.3) is 0 Å². The Bertz CT molecular complexity index is 371. The number of rotatable bonds is 5. The lowest BCUT2D eigenvalue weighted by molar-refractivity contribution is 0.775. The van der Waals surface area contributed by atoms with Crippen LogP contribution in [-0.4, -0.2) is 0 Å². The monoisotopic (exact) mass is 199 g/mol. The molecule has 0 N–H and O–H groups in total. The van der Waals surface area contributed by atoms with E-state index < -0.39 is 0 Å². The number of benzene rings is 1. The smallest absolute Gasteiger partial charge is 0.0621 e. The first kappa shape index (κ1) is 11.5. The summed E-state index contributed by atoms with van der Waals surface area (Å²) in [6.07, 6.45) is 3.68. The maximum Gasteiger partial charge on any atom is 0.0621 e. The second-order valence-corrected chi connectivity index (χ2v) is 3.78. The van der Waals surface area contributed by atoms with Crippen molar-refractivity contribution in [3.63, 3.8) is 0 Å². The summed E-state index contributed by atoms with van der Waals surface area (Å²) < 4.78 is 0. The summed E-state index contributed by atoms with van der Waals surface area (Å²) in [7, 11) is 0. The predicted octanol–water partition coefficient (Wildman–Crippen LogP) is 4.09. The third kappa shape index (κ3) is 3.59. The van der Waals surface area contributed by atoms with Crippen molar-refractivity contribution < 1.29 is 0 Å². The zero-order chi connectivity index (χ0) is 11.1. The highest BCUT2D eigenvalue weighted by atomic mass is 14.2. The van der Waals surface area contributed by atoms with E-state index in [1.54, 1.807) is 0 Å². The third-order valence-electron chi connectivity index (χ3n) is 2.54. The number of nitrogens with zero attached hydrogens (tertiary/aromatic N) is 1. The third-order valence-corrected chi connectivity index (χ3v) is 2.54. The van der Waals surface area contributed by atoms with Crippen LogP contribution in [-0.2, 0) is 0 Å². The van der Waals surface area contributed by atoms with Crippen molar-refractivity contribution in [2.24, 2.45) is 0 Å². The van der Waals surface area contributed by atoms with Gasteiger partial charge in [0.1, 0.15) is 0 Å². The maximum atomic E-state index is 8.42.